The lowest BCUT2D eigenvalue weighted by atomic mass is 10.1. The van der Waals surface area contributed by atoms with Gasteiger partial charge in [0.25, 0.3) is 0 Å². The SMILES string of the molecule is Cc1ccccc1CNC(=O)CSc1nnc(Cc2ccccc2)n1-c1ccccc1. The van der Waals surface area contributed by atoms with E-state index in [0.29, 0.717) is 18.1 Å². The van der Waals surface area contributed by atoms with Crippen LogP contribution in [0.4, 0.5) is 0 Å². The zero-order chi connectivity index (χ0) is 21.5. The van der Waals surface area contributed by atoms with E-state index in [-0.39, 0.29) is 11.7 Å². The van der Waals surface area contributed by atoms with Gasteiger partial charge in [-0.3, -0.25) is 9.36 Å². The Hall–Kier alpha value is -3.38. The van der Waals surface area contributed by atoms with Crippen molar-refractivity contribution in [1.29, 1.82) is 0 Å². The van der Waals surface area contributed by atoms with Gasteiger partial charge in [-0.05, 0) is 35.7 Å². The maximum atomic E-state index is 12.5. The average molecular weight is 429 g/mol. The first-order valence-electron chi connectivity index (χ1n) is 10.2. The van der Waals surface area contributed by atoms with Gasteiger partial charge in [-0.1, -0.05) is 84.6 Å². The van der Waals surface area contributed by atoms with Gasteiger partial charge in [-0.15, -0.1) is 10.2 Å². The monoisotopic (exact) mass is 428 g/mol. The highest BCUT2D eigenvalue weighted by atomic mass is 32.2. The van der Waals surface area contributed by atoms with Gasteiger partial charge in [0.15, 0.2) is 5.16 Å². The fourth-order valence-corrected chi connectivity index (χ4v) is 4.11. The second-order valence-electron chi connectivity index (χ2n) is 7.22. The predicted molar refractivity (Wildman–Crippen MR) is 124 cm³/mol. The molecule has 0 fully saturated rings. The molecule has 0 aliphatic heterocycles. The molecule has 4 rings (SSSR count). The molecule has 4 aromatic rings. The van der Waals surface area contributed by atoms with Crippen LogP contribution in [-0.4, -0.2) is 26.4 Å². The molecule has 31 heavy (non-hydrogen) atoms. The summed E-state index contributed by atoms with van der Waals surface area (Å²) in [5.41, 5.74) is 4.45. The zero-order valence-corrected chi connectivity index (χ0v) is 18.2. The van der Waals surface area contributed by atoms with Crippen LogP contribution in [0.2, 0.25) is 0 Å². The highest BCUT2D eigenvalue weighted by Crippen LogP contribution is 2.23. The number of carbonyl (C=O) groups excluding carboxylic acids is 1. The van der Waals surface area contributed by atoms with Gasteiger partial charge in [-0.25, -0.2) is 0 Å². The number of rotatable bonds is 8. The maximum absolute atomic E-state index is 12.5. The summed E-state index contributed by atoms with van der Waals surface area (Å²) >= 11 is 1.40. The van der Waals surface area contributed by atoms with Gasteiger partial charge >= 0.3 is 0 Å². The lowest BCUT2D eigenvalue weighted by Gasteiger charge is -2.11. The van der Waals surface area contributed by atoms with E-state index >= 15 is 0 Å². The van der Waals surface area contributed by atoms with Crippen molar-refractivity contribution >= 4 is 17.7 Å². The number of aromatic nitrogens is 3. The minimum absolute atomic E-state index is 0.0273. The molecule has 0 bridgehead atoms. The van der Waals surface area contributed by atoms with E-state index in [0.717, 1.165) is 17.1 Å². The zero-order valence-electron chi connectivity index (χ0n) is 17.4. The topological polar surface area (TPSA) is 59.8 Å². The lowest BCUT2D eigenvalue weighted by molar-refractivity contribution is -0.118. The first-order chi connectivity index (χ1) is 15.2. The molecule has 5 nitrogen and oxygen atoms in total. The molecule has 1 heterocycles. The quantitative estimate of drug-likeness (QED) is 0.418. The number of hydrogen-bond donors (Lipinski definition) is 1. The van der Waals surface area contributed by atoms with Crippen molar-refractivity contribution in [1.82, 2.24) is 20.1 Å². The number of hydrogen-bond acceptors (Lipinski definition) is 4. The van der Waals surface area contributed by atoms with E-state index in [9.17, 15) is 4.79 Å². The molecule has 0 aliphatic rings. The standard InChI is InChI=1S/C25H24N4OS/c1-19-10-8-9-13-21(19)17-26-24(30)18-31-25-28-27-23(16-20-11-4-2-5-12-20)29(25)22-14-6-3-7-15-22/h2-15H,16-18H2,1H3,(H,26,30). The Morgan fingerprint density at radius 2 is 1.58 bits per heavy atom. The van der Waals surface area contributed by atoms with Crippen LogP contribution in [-0.2, 0) is 17.8 Å². The number of aryl methyl sites for hydroxylation is 1. The molecule has 0 spiro atoms. The van der Waals surface area contributed by atoms with Gasteiger partial charge in [0.2, 0.25) is 5.91 Å². The molecular formula is C25H24N4OS. The highest BCUT2D eigenvalue weighted by molar-refractivity contribution is 7.99. The molecule has 1 amide bonds. The van der Waals surface area contributed by atoms with E-state index in [1.54, 1.807) is 0 Å². The Balaban J connectivity index is 1.47. The fraction of sp³-hybridized carbons (Fsp3) is 0.160. The van der Waals surface area contributed by atoms with E-state index in [1.807, 2.05) is 84.3 Å². The second kappa shape index (κ2) is 10.1. The molecule has 6 heteroatoms. The summed E-state index contributed by atoms with van der Waals surface area (Å²) in [6, 6.07) is 28.3. The Kier molecular flexibility index (Phi) is 6.79. The van der Waals surface area contributed by atoms with Crippen LogP contribution in [0.5, 0.6) is 0 Å². The first-order valence-corrected chi connectivity index (χ1v) is 11.2. The third-order valence-corrected chi connectivity index (χ3v) is 5.92. The van der Waals surface area contributed by atoms with Crippen molar-refractivity contribution in [2.45, 2.75) is 25.0 Å². The maximum Gasteiger partial charge on any atom is 0.230 e. The summed E-state index contributed by atoms with van der Waals surface area (Å²) in [5, 5.41) is 12.5. The van der Waals surface area contributed by atoms with Crippen LogP contribution >= 0.6 is 11.8 Å². The van der Waals surface area contributed by atoms with Crippen LogP contribution in [0.25, 0.3) is 5.69 Å². The van der Waals surface area contributed by atoms with Gasteiger partial charge < -0.3 is 5.32 Å². The Morgan fingerprint density at radius 1 is 0.903 bits per heavy atom. The minimum atomic E-state index is -0.0273. The van der Waals surface area contributed by atoms with Crippen LogP contribution in [0.3, 0.4) is 0 Å². The summed E-state index contributed by atoms with van der Waals surface area (Å²) in [6.07, 6.45) is 0.669. The number of para-hydroxylation sites is 1. The van der Waals surface area contributed by atoms with Gasteiger partial charge in [0, 0.05) is 18.7 Å². The first kappa shape index (κ1) is 20.9. The van der Waals surface area contributed by atoms with Crippen molar-refractivity contribution in [2.24, 2.45) is 0 Å². The Bertz CT molecular complexity index is 1140. The summed E-state index contributed by atoms with van der Waals surface area (Å²) in [6.45, 7) is 2.57. The van der Waals surface area contributed by atoms with E-state index in [2.05, 4.69) is 27.6 Å². The number of nitrogens with zero attached hydrogens (tertiary/aromatic N) is 3. The van der Waals surface area contributed by atoms with Gasteiger partial charge in [-0.2, -0.15) is 0 Å². The van der Waals surface area contributed by atoms with Crippen LogP contribution in [0, 0.1) is 6.92 Å². The number of nitrogens with one attached hydrogen (secondary N) is 1. The van der Waals surface area contributed by atoms with Crippen molar-refractivity contribution < 1.29 is 4.79 Å². The molecule has 0 saturated heterocycles. The van der Waals surface area contributed by atoms with Crippen molar-refractivity contribution in [2.75, 3.05) is 5.75 Å². The molecule has 1 aromatic heterocycles. The normalized spacial score (nSPS) is 10.7. The summed E-state index contributed by atoms with van der Waals surface area (Å²) in [5.74, 6) is 1.10. The largest absolute Gasteiger partial charge is 0.351 e. The molecular weight excluding hydrogens is 404 g/mol. The molecule has 0 saturated carbocycles. The van der Waals surface area contributed by atoms with Crippen molar-refractivity contribution in [3.05, 3.63) is 107 Å². The van der Waals surface area contributed by atoms with E-state index in [4.69, 9.17) is 0 Å². The number of amides is 1. The van der Waals surface area contributed by atoms with Crippen molar-refractivity contribution in [3.8, 4) is 5.69 Å². The van der Waals surface area contributed by atoms with Crippen LogP contribution < -0.4 is 5.32 Å². The summed E-state index contributed by atoms with van der Waals surface area (Å²) < 4.78 is 2.03. The van der Waals surface area contributed by atoms with E-state index < -0.39 is 0 Å². The summed E-state index contributed by atoms with van der Waals surface area (Å²) in [4.78, 5) is 12.5. The van der Waals surface area contributed by atoms with Crippen molar-refractivity contribution in [3.63, 3.8) is 0 Å². The van der Waals surface area contributed by atoms with Gasteiger partial charge in [0.1, 0.15) is 5.82 Å². The third-order valence-electron chi connectivity index (χ3n) is 4.99. The molecule has 0 atom stereocenters. The van der Waals surface area contributed by atoms with E-state index in [1.165, 1.54) is 22.9 Å². The molecule has 156 valence electrons. The molecule has 0 radical (unpaired) electrons. The fourth-order valence-electron chi connectivity index (χ4n) is 3.31. The summed E-state index contributed by atoms with van der Waals surface area (Å²) in [7, 11) is 0. The Morgan fingerprint density at radius 3 is 2.32 bits per heavy atom. The molecule has 1 N–H and O–H groups in total. The molecule has 0 unspecified atom stereocenters. The molecule has 0 aliphatic carbocycles. The molecule has 3 aromatic carbocycles. The number of carbonyl (C=O) groups is 1. The predicted octanol–water partition coefficient (Wildman–Crippen LogP) is 4.58. The van der Waals surface area contributed by atoms with Gasteiger partial charge in [0.05, 0.1) is 5.75 Å². The average Bonchev–Trinajstić information content (AvgIpc) is 3.20. The van der Waals surface area contributed by atoms with Crippen LogP contribution in [0.1, 0.15) is 22.5 Å². The number of thioether (sulfide) groups is 1. The lowest BCUT2D eigenvalue weighted by Crippen LogP contribution is -2.25. The second-order valence-corrected chi connectivity index (χ2v) is 8.17. The van der Waals surface area contributed by atoms with Crippen LogP contribution in [0.15, 0.2) is 90.1 Å². The Labute approximate surface area is 186 Å². The smallest absolute Gasteiger partial charge is 0.230 e. The highest BCUT2D eigenvalue weighted by Gasteiger charge is 2.16. The third kappa shape index (κ3) is 5.41. The number of benzene rings is 3. The minimum Gasteiger partial charge on any atom is -0.351 e.